The number of hydrogen-bond donors (Lipinski definition) is 2. The number of rotatable bonds is 6. The lowest BCUT2D eigenvalue weighted by atomic mass is 9.97. The number of nitrogens with one attached hydrogen (secondary N) is 1. The zero-order valence-electron chi connectivity index (χ0n) is 18.8. The van der Waals surface area contributed by atoms with Crippen molar-refractivity contribution in [2.45, 2.75) is 29.1 Å². The third-order valence-electron chi connectivity index (χ3n) is 6.27. The number of fused-ring (bicyclic) bond motifs is 2. The number of primary amides is 1. The molecule has 0 aliphatic carbocycles. The molecule has 0 radical (unpaired) electrons. The van der Waals surface area contributed by atoms with Crippen molar-refractivity contribution in [3.05, 3.63) is 66.9 Å². The second kappa shape index (κ2) is 9.77. The van der Waals surface area contributed by atoms with Gasteiger partial charge < -0.3 is 20.9 Å². The number of carbonyl (C=O) groups is 2. The number of carbonyl (C=O) groups excluding carboxylic acids is 2. The molecule has 2 aromatic carbocycles. The van der Waals surface area contributed by atoms with E-state index in [1.807, 2.05) is 36.4 Å². The minimum absolute atomic E-state index is 0.0606. The van der Waals surface area contributed by atoms with Gasteiger partial charge in [0.1, 0.15) is 5.82 Å². The van der Waals surface area contributed by atoms with Crippen LogP contribution in [0.4, 0.5) is 22.9 Å². The Labute approximate surface area is 203 Å². The molecule has 1 saturated heterocycles. The topological polar surface area (TPSA) is 91.6 Å². The molecule has 0 saturated carbocycles. The molecule has 3 heterocycles. The van der Waals surface area contributed by atoms with E-state index in [0.717, 1.165) is 36.6 Å². The lowest BCUT2D eigenvalue weighted by Crippen LogP contribution is -2.41. The SMILES string of the molecule is NC(=O)C1CCCN(c2ccc(NC(=O)CCN3c4ccccc4Sc4ccccc43)cn2)C1. The number of nitrogens with two attached hydrogens (primary N) is 1. The number of amides is 2. The van der Waals surface area contributed by atoms with Crippen molar-refractivity contribution in [2.75, 3.05) is 34.8 Å². The molecule has 8 heteroatoms. The minimum Gasteiger partial charge on any atom is -0.369 e. The zero-order valence-corrected chi connectivity index (χ0v) is 19.6. The van der Waals surface area contributed by atoms with Crippen LogP contribution in [-0.4, -0.2) is 36.4 Å². The number of anilines is 4. The van der Waals surface area contributed by atoms with E-state index in [4.69, 9.17) is 5.73 Å². The molecule has 174 valence electrons. The minimum atomic E-state index is -0.258. The van der Waals surface area contributed by atoms with Crippen molar-refractivity contribution in [2.24, 2.45) is 11.7 Å². The highest BCUT2D eigenvalue weighted by Crippen LogP contribution is 2.47. The second-order valence-corrected chi connectivity index (χ2v) is 9.66. The van der Waals surface area contributed by atoms with Crippen LogP contribution in [0, 0.1) is 5.92 Å². The van der Waals surface area contributed by atoms with E-state index in [1.165, 1.54) is 9.79 Å². The first-order valence-electron chi connectivity index (χ1n) is 11.5. The summed E-state index contributed by atoms with van der Waals surface area (Å²) >= 11 is 1.76. The summed E-state index contributed by atoms with van der Waals surface area (Å²) in [5.41, 5.74) is 8.39. The van der Waals surface area contributed by atoms with Gasteiger partial charge >= 0.3 is 0 Å². The zero-order chi connectivity index (χ0) is 23.5. The molecular formula is C26H27N5O2S. The lowest BCUT2D eigenvalue weighted by molar-refractivity contribution is -0.122. The Morgan fingerprint density at radius 1 is 1.03 bits per heavy atom. The number of hydrogen-bond acceptors (Lipinski definition) is 6. The van der Waals surface area contributed by atoms with E-state index in [1.54, 1.807) is 18.0 Å². The Bertz CT molecular complexity index is 1150. The Balaban J connectivity index is 1.22. The van der Waals surface area contributed by atoms with Crippen LogP contribution < -0.4 is 20.9 Å². The molecule has 2 amide bonds. The molecule has 7 nitrogen and oxygen atoms in total. The van der Waals surface area contributed by atoms with Gasteiger partial charge in [-0.1, -0.05) is 36.0 Å². The maximum absolute atomic E-state index is 12.8. The fourth-order valence-corrected chi connectivity index (χ4v) is 5.62. The van der Waals surface area contributed by atoms with Gasteiger partial charge in [0.15, 0.2) is 0 Å². The number of piperidine rings is 1. The van der Waals surface area contributed by atoms with Crippen LogP contribution in [0.1, 0.15) is 19.3 Å². The predicted octanol–water partition coefficient (Wildman–Crippen LogP) is 4.41. The van der Waals surface area contributed by atoms with Crippen molar-refractivity contribution in [1.82, 2.24) is 4.98 Å². The molecule has 5 rings (SSSR count). The van der Waals surface area contributed by atoms with Gasteiger partial charge in [0.2, 0.25) is 11.8 Å². The molecule has 34 heavy (non-hydrogen) atoms. The Morgan fingerprint density at radius 2 is 1.74 bits per heavy atom. The Morgan fingerprint density at radius 3 is 2.38 bits per heavy atom. The highest BCUT2D eigenvalue weighted by atomic mass is 32.2. The van der Waals surface area contributed by atoms with E-state index < -0.39 is 0 Å². The van der Waals surface area contributed by atoms with Gasteiger partial charge in [-0.25, -0.2) is 4.98 Å². The van der Waals surface area contributed by atoms with Gasteiger partial charge in [-0.3, -0.25) is 9.59 Å². The standard InChI is InChI=1S/C26H27N5O2S/c27-26(33)18-6-5-14-30(17-18)24-12-11-19(16-28-24)29-25(32)13-15-31-20-7-1-3-9-22(20)34-23-10-4-2-8-21(23)31/h1-4,7-12,16,18H,5-6,13-15,17H2,(H2,27,33)(H,29,32). The number of para-hydroxylation sites is 2. The summed E-state index contributed by atoms with van der Waals surface area (Å²) < 4.78 is 0. The molecule has 2 aliphatic heterocycles. The molecule has 1 aromatic heterocycles. The summed E-state index contributed by atoms with van der Waals surface area (Å²) in [4.78, 5) is 35.5. The van der Waals surface area contributed by atoms with Gasteiger partial charge in [-0.2, -0.15) is 0 Å². The molecule has 1 fully saturated rings. The summed E-state index contributed by atoms with van der Waals surface area (Å²) in [6, 6.07) is 20.3. The first-order chi connectivity index (χ1) is 16.6. The van der Waals surface area contributed by atoms with Crippen LogP contribution >= 0.6 is 11.8 Å². The average molecular weight is 474 g/mol. The maximum atomic E-state index is 12.8. The Kier molecular flexibility index (Phi) is 6.40. The molecule has 2 aliphatic rings. The summed E-state index contributed by atoms with van der Waals surface area (Å²) in [5.74, 6) is 0.335. The summed E-state index contributed by atoms with van der Waals surface area (Å²) in [7, 11) is 0. The quantitative estimate of drug-likeness (QED) is 0.551. The van der Waals surface area contributed by atoms with Crippen LogP contribution in [0.2, 0.25) is 0 Å². The normalized spacial score (nSPS) is 17.0. The van der Waals surface area contributed by atoms with Crippen molar-refractivity contribution in [3.8, 4) is 0 Å². The van der Waals surface area contributed by atoms with Crippen molar-refractivity contribution < 1.29 is 9.59 Å². The van der Waals surface area contributed by atoms with E-state index >= 15 is 0 Å². The van der Waals surface area contributed by atoms with E-state index in [9.17, 15) is 9.59 Å². The van der Waals surface area contributed by atoms with Gasteiger partial charge in [-0.05, 0) is 49.2 Å². The summed E-state index contributed by atoms with van der Waals surface area (Å²) in [6.07, 6.45) is 3.75. The summed E-state index contributed by atoms with van der Waals surface area (Å²) in [6.45, 7) is 2.01. The van der Waals surface area contributed by atoms with Gasteiger partial charge in [-0.15, -0.1) is 0 Å². The van der Waals surface area contributed by atoms with Gasteiger partial charge in [0.05, 0.1) is 29.2 Å². The van der Waals surface area contributed by atoms with Gasteiger partial charge in [0.25, 0.3) is 0 Å². The lowest BCUT2D eigenvalue weighted by Gasteiger charge is -2.32. The fourth-order valence-electron chi connectivity index (χ4n) is 4.52. The first kappa shape index (κ1) is 22.3. The van der Waals surface area contributed by atoms with Crippen LogP contribution in [0.25, 0.3) is 0 Å². The van der Waals surface area contributed by atoms with Gasteiger partial charge in [0, 0.05) is 35.8 Å². The molecule has 0 spiro atoms. The Hall–Kier alpha value is -3.52. The molecule has 3 N–H and O–H groups in total. The predicted molar refractivity (Wildman–Crippen MR) is 136 cm³/mol. The van der Waals surface area contributed by atoms with E-state index in [0.29, 0.717) is 25.2 Å². The average Bonchev–Trinajstić information content (AvgIpc) is 2.87. The number of nitrogens with zero attached hydrogens (tertiary/aromatic N) is 3. The smallest absolute Gasteiger partial charge is 0.226 e. The summed E-state index contributed by atoms with van der Waals surface area (Å²) in [5, 5.41) is 2.96. The van der Waals surface area contributed by atoms with E-state index in [2.05, 4.69) is 44.4 Å². The third-order valence-corrected chi connectivity index (χ3v) is 7.40. The monoisotopic (exact) mass is 473 g/mol. The van der Waals surface area contributed by atoms with Crippen LogP contribution in [0.5, 0.6) is 0 Å². The number of aromatic nitrogens is 1. The third kappa shape index (κ3) is 4.72. The van der Waals surface area contributed by atoms with Crippen molar-refractivity contribution in [3.63, 3.8) is 0 Å². The maximum Gasteiger partial charge on any atom is 0.226 e. The fraction of sp³-hybridized carbons (Fsp3) is 0.269. The molecule has 0 bridgehead atoms. The van der Waals surface area contributed by atoms with E-state index in [-0.39, 0.29) is 17.7 Å². The largest absolute Gasteiger partial charge is 0.369 e. The highest BCUT2D eigenvalue weighted by molar-refractivity contribution is 7.99. The number of pyridine rings is 1. The number of benzene rings is 2. The van der Waals surface area contributed by atoms with Crippen LogP contribution in [-0.2, 0) is 9.59 Å². The van der Waals surface area contributed by atoms with Crippen molar-refractivity contribution >= 4 is 46.5 Å². The first-order valence-corrected chi connectivity index (χ1v) is 12.3. The molecule has 3 aromatic rings. The molecule has 1 atom stereocenters. The van der Waals surface area contributed by atoms with Crippen molar-refractivity contribution in [1.29, 1.82) is 0 Å². The van der Waals surface area contributed by atoms with Crippen LogP contribution in [0.15, 0.2) is 76.7 Å². The molecular weight excluding hydrogens is 446 g/mol. The molecule has 1 unspecified atom stereocenters. The second-order valence-electron chi connectivity index (χ2n) is 8.58. The van der Waals surface area contributed by atoms with Crippen LogP contribution in [0.3, 0.4) is 0 Å². The highest BCUT2D eigenvalue weighted by Gasteiger charge is 2.25.